The smallest absolute Gasteiger partial charge is 0.0665 e. The number of aryl methyl sites for hydroxylation is 2. The van der Waals surface area contributed by atoms with Gasteiger partial charge in [-0.05, 0) is 100 Å². The van der Waals surface area contributed by atoms with Crippen molar-refractivity contribution in [2.45, 2.75) is 240 Å². The molecule has 0 aliphatic carbocycles. The van der Waals surface area contributed by atoms with E-state index in [1.165, 1.54) is 189 Å². The standard InChI is InChI=1S/C55H90N2/c1-5-9-13-16-19-20-21-22-23-24-25-26-27-28-29-30-31-34-37-49-55(57-53-48-41-39-45-51(53)43-36-33-18-15-11-7-3)54(46-12-8-4)56-52-47-40-38-44-50(52)42-35-32-17-14-10-6-2/h14-15,17-18,38-41,44-45,47-48H,5-13,16,19-37,42-43,46,49H2,1-4H3. The van der Waals surface area contributed by atoms with Crippen molar-refractivity contribution in [3.05, 3.63) is 84.0 Å². The lowest BCUT2D eigenvalue weighted by Gasteiger charge is -2.14. The molecule has 0 aliphatic heterocycles. The quantitative estimate of drug-likeness (QED) is 0.0368. The van der Waals surface area contributed by atoms with Gasteiger partial charge < -0.3 is 0 Å². The number of hydrogen-bond acceptors (Lipinski definition) is 2. The van der Waals surface area contributed by atoms with Crippen molar-refractivity contribution in [1.82, 2.24) is 0 Å². The maximum Gasteiger partial charge on any atom is 0.0665 e. The normalized spacial score (nSPS) is 12.5. The summed E-state index contributed by atoms with van der Waals surface area (Å²) in [6.45, 7) is 9.11. The Hall–Kier alpha value is -2.74. The van der Waals surface area contributed by atoms with Gasteiger partial charge in [-0.1, -0.05) is 223 Å². The number of aliphatic imine (C=N–C) groups is 2. The Morgan fingerprint density at radius 2 is 0.684 bits per heavy atom. The molecule has 0 spiro atoms. The van der Waals surface area contributed by atoms with Gasteiger partial charge in [-0.2, -0.15) is 0 Å². The summed E-state index contributed by atoms with van der Waals surface area (Å²) in [5.41, 5.74) is 7.48. The van der Waals surface area contributed by atoms with E-state index in [4.69, 9.17) is 9.98 Å². The molecule has 0 saturated carbocycles. The molecule has 0 atom stereocenters. The Balaban J connectivity index is 2.00. The van der Waals surface area contributed by atoms with Crippen molar-refractivity contribution in [2.24, 2.45) is 9.98 Å². The summed E-state index contributed by atoms with van der Waals surface area (Å²) in [6, 6.07) is 17.8. The van der Waals surface area contributed by atoms with Crippen LogP contribution in [0.5, 0.6) is 0 Å². The average molecular weight is 779 g/mol. The minimum absolute atomic E-state index is 0.993. The van der Waals surface area contributed by atoms with Crippen LogP contribution < -0.4 is 0 Å². The van der Waals surface area contributed by atoms with Crippen LogP contribution in [-0.2, 0) is 12.8 Å². The van der Waals surface area contributed by atoms with Crippen LogP contribution in [0, 0.1) is 0 Å². The van der Waals surface area contributed by atoms with Gasteiger partial charge in [0.25, 0.3) is 0 Å². The van der Waals surface area contributed by atoms with E-state index in [1.54, 1.807) is 0 Å². The van der Waals surface area contributed by atoms with Gasteiger partial charge in [0.05, 0.1) is 22.8 Å². The summed E-state index contributed by atoms with van der Waals surface area (Å²) in [5.74, 6) is 0. The fourth-order valence-corrected chi connectivity index (χ4v) is 7.82. The molecule has 2 aromatic rings. The fraction of sp³-hybridized carbons (Fsp3) is 0.673. The van der Waals surface area contributed by atoms with Crippen LogP contribution in [0.2, 0.25) is 0 Å². The van der Waals surface area contributed by atoms with E-state index in [1.807, 2.05) is 0 Å². The summed E-state index contributed by atoms with van der Waals surface area (Å²) < 4.78 is 0. The lowest BCUT2D eigenvalue weighted by Crippen LogP contribution is -2.15. The second kappa shape index (κ2) is 37.5. The zero-order valence-corrected chi connectivity index (χ0v) is 38.2. The van der Waals surface area contributed by atoms with Crippen LogP contribution in [0.1, 0.15) is 238 Å². The highest BCUT2D eigenvalue weighted by molar-refractivity contribution is 6.43. The fourth-order valence-electron chi connectivity index (χ4n) is 7.82. The lowest BCUT2D eigenvalue weighted by molar-refractivity contribution is 0.524. The molecule has 0 aromatic heterocycles. The van der Waals surface area contributed by atoms with Crippen molar-refractivity contribution >= 4 is 22.8 Å². The highest BCUT2D eigenvalue weighted by Gasteiger charge is 2.13. The Morgan fingerprint density at radius 3 is 1.07 bits per heavy atom. The second-order valence-corrected chi connectivity index (χ2v) is 16.9. The first-order chi connectivity index (χ1) is 28.2. The van der Waals surface area contributed by atoms with E-state index >= 15 is 0 Å². The Kier molecular flexibility index (Phi) is 33.2. The third kappa shape index (κ3) is 26.8. The van der Waals surface area contributed by atoms with Crippen molar-refractivity contribution in [3.8, 4) is 0 Å². The summed E-state index contributed by atoms with van der Waals surface area (Å²) in [4.78, 5) is 11.1. The number of unbranched alkanes of at least 4 members (excludes halogenated alkanes) is 23. The first-order valence-corrected chi connectivity index (χ1v) is 24.8. The molecule has 0 bridgehead atoms. The molecule has 0 radical (unpaired) electrons. The van der Waals surface area contributed by atoms with Crippen molar-refractivity contribution in [1.29, 1.82) is 0 Å². The Bertz CT molecular complexity index is 1330. The van der Waals surface area contributed by atoms with Gasteiger partial charge in [0.1, 0.15) is 0 Å². The zero-order chi connectivity index (χ0) is 40.7. The second-order valence-electron chi connectivity index (χ2n) is 16.9. The molecular weight excluding hydrogens is 689 g/mol. The summed E-state index contributed by atoms with van der Waals surface area (Å²) in [7, 11) is 0. The monoisotopic (exact) mass is 779 g/mol. The molecule has 2 nitrogen and oxygen atoms in total. The number of hydrogen-bond donors (Lipinski definition) is 0. The largest absolute Gasteiger partial charge is 0.251 e. The number of para-hydroxylation sites is 2. The summed E-state index contributed by atoms with van der Waals surface area (Å²) in [5, 5.41) is 0. The minimum Gasteiger partial charge on any atom is -0.251 e. The molecule has 57 heavy (non-hydrogen) atoms. The van der Waals surface area contributed by atoms with Crippen LogP contribution in [0.3, 0.4) is 0 Å². The molecule has 0 saturated heterocycles. The molecule has 0 fully saturated rings. The van der Waals surface area contributed by atoms with Crippen molar-refractivity contribution < 1.29 is 0 Å². The molecular formula is C55H90N2. The Morgan fingerprint density at radius 1 is 0.351 bits per heavy atom. The minimum atomic E-state index is 0.993. The van der Waals surface area contributed by atoms with Crippen LogP contribution in [0.4, 0.5) is 11.4 Å². The number of rotatable bonds is 38. The molecule has 320 valence electrons. The van der Waals surface area contributed by atoms with E-state index in [9.17, 15) is 0 Å². The van der Waals surface area contributed by atoms with E-state index in [0.29, 0.717) is 0 Å². The maximum absolute atomic E-state index is 5.55. The maximum atomic E-state index is 5.55. The SMILES string of the molecule is CCCC=CCCCc1ccccc1N=C(CCCC)C(CCCCCCCCCCCCCCCCCCCCC)=Nc1ccccc1CCCC=CCCC. The first kappa shape index (κ1) is 50.4. The van der Waals surface area contributed by atoms with E-state index < -0.39 is 0 Å². The summed E-state index contributed by atoms with van der Waals surface area (Å²) >= 11 is 0. The molecule has 0 amide bonds. The van der Waals surface area contributed by atoms with Crippen LogP contribution >= 0.6 is 0 Å². The van der Waals surface area contributed by atoms with E-state index in [-0.39, 0.29) is 0 Å². The highest BCUT2D eigenvalue weighted by Crippen LogP contribution is 2.26. The average Bonchev–Trinajstić information content (AvgIpc) is 3.23. The molecule has 2 aromatic carbocycles. The van der Waals surface area contributed by atoms with Crippen molar-refractivity contribution in [3.63, 3.8) is 0 Å². The van der Waals surface area contributed by atoms with Gasteiger partial charge >= 0.3 is 0 Å². The molecule has 2 rings (SSSR count). The molecule has 2 heteroatoms. The molecule has 0 N–H and O–H groups in total. The molecule has 0 unspecified atom stereocenters. The Labute approximate surface area is 355 Å². The summed E-state index contributed by atoms with van der Waals surface area (Å²) in [6.07, 6.45) is 52.0. The topological polar surface area (TPSA) is 24.7 Å². The number of nitrogens with zero attached hydrogens (tertiary/aromatic N) is 2. The molecule has 0 heterocycles. The number of allylic oxidation sites excluding steroid dienone is 4. The van der Waals surface area contributed by atoms with Gasteiger partial charge in [0.15, 0.2) is 0 Å². The third-order valence-corrected chi connectivity index (χ3v) is 11.5. The van der Waals surface area contributed by atoms with Gasteiger partial charge in [0.2, 0.25) is 0 Å². The molecule has 0 aliphatic rings. The predicted octanol–water partition coefficient (Wildman–Crippen LogP) is 18.9. The van der Waals surface area contributed by atoms with Gasteiger partial charge in [-0.3, -0.25) is 9.98 Å². The third-order valence-electron chi connectivity index (χ3n) is 11.5. The highest BCUT2D eigenvalue weighted by atomic mass is 14.8. The zero-order valence-electron chi connectivity index (χ0n) is 38.2. The van der Waals surface area contributed by atoms with Gasteiger partial charge in [-0.25, -0.2) is 0 Å². The van der Waals surface area contributed by atoms with Crippen molar-refractivity contribution in [2.75, 3.05) is 0 Å². The van der Waals surface area contributed by atoms with Gasteiger partial charge in [-0.15, -0.1) is 0 Å². The van der Waals surface area contributed by atoms with Crippen LogP contribution in [-0.4, -0.2) is 11.4 Å². The van der Waals surface area contributed by atoms with E-state index in [0.717, 1.165) is 56.3 Å². The lowest BCUT2D eigenvalue weighted by atomic mass is 9.99. The van der Waals surface area contributed by atoms with Crippen LogP contribution in [0.25, 0.3) is 0 Å². The van der Waals surface area contributed by atoms with E-state index in [2.05, 4.69) is 101 Å². The first-order valence-electron chi connectivity index (χ1n) is 24.8. The number of benzene rings is 2. The van der Waals surface area contributed by atoms with Gasteiger partial charge in [0, 0.05) is 0 Å². The predicted molar refractivity (Wildman–Crippen MR) is 259 cm³/mol. The van der Waals surface area contributed by atoms with Crippen LogP contribution in [0.15, 0.2) is 82.8 Å².